The SMILES string of the molecule is CC(C)[C@@H](NC(=O)c1ccc(Cl)cc1Cl)C(=O)NCCN1C[C@@H](C)O[C@H](C)C1. The lowest BCUT2D eigenvalue weighted by atomic mass is 10.0. The number of morpholine rings is 1. The highest BCUT2D eigenvalue weighted by molar-refractivity contribution is 6.36. The lowest BCUT2D eigenvalue weighted by molar-refractivity contribution is -0.124. The number of benzene rings is 1. The molecule has 156 valence electrons. The standard InChI is InChI=1S/C20H29Cl2N3O3/c1-12(2)18(24-19(26)16-6-5-15(21)9-17(16)22)20(27)23-7-8-25-10-13(3)28-14(4)11-25/h5-6,9,12-14,18H,7-8,10-11H2,1-4H3,(H,23,27)(H,24,26)/t13-,14-,18-/m1/s1. The minimum atomic E-state index is -0.651. The van der Waals surface area contributed by atoms with Gasteiger partial charge in [0.25, 0.3) is 5.91 Å². The van der Waals surface area contributed by atoms with Crippen molar-refractivity contribution in [3.63, 3.8) is 0 Å². The monoisotopic (exact) mass is 429 g/mol. The summed E-state index contributed by atoms with van der Waals surface area (Å²) in [4.78, 5) is 27.5. The van der Waals surface area contributed by atoms with Crippen LogP contribution in [0.3, 0.4) is 0 Å². The molecule has 0 radical (unpaired) electrons. The summed E-state index contributed by atoms with van der Waals surface area (Å²) in [6, 6.07) is 4.00. The lowest BCUT2D eigenvalue weighted by Gasteiger charge is -2.35. The molecule has 8 heteroatoms. The Kier molecular flexibility index (Phi) is 8.56. The third kappa shape index (κ3) is 6.62. The molecule has 0 aliphatic carbocycles. The van der Waals surface area contributed by atoms with Gasteiger partial charge in [0.2, 0.25) is 5.91 Å². The van der Waals surface area contributed by atoms with E-state index in [1.54, 1.807) is 12.1 Å². The van der Waals surface area contributed by atoms with Crippen molar-refractivity contribution in [1.29, 1.82) is 0 Å². The van der Waals surface area contributed by atoms with Crippen LogP contribution in [0.4, 0.5) is 0 Å². The van der Waals surface area contributed by atoms with Crippen molar-refractivity contribution >= 4 is 35.0 Å². The number of carbonyl (C=O) groups excluding carboxylic acids is 2. The van der Waals surface area contributed by atoms with Crippen LogP contribution in [0, 0.1) is 5.92 Å². The van der Waals surface area contributed by atoms with Crippen molar-refractivity contribution in [1.82, 2.24) is 15.5 Å². The zero-order valence-electron chi connectivity index (χ0n) is 16.8. The molecule has 3 atom stereocenters. The molecule has 28 heavy (non-hydrogen) atoms. The molecule has 2 rings (SSSR count). The number of amides is 2. The van der Waals surface area contributed by atoms with E-state index in [0.29, 0.717) is 17.1 Å². The molecule has 1 aliphatic rings. The van der Waals surface area contributed by atoms with Crippen LogP contribution in [0.15, 0.2) is 18.2 Å². The first kappa shape index (κ1) is 22.9. The molecule has 1 aromatic carbocycles. The number of rotatable bonds is 7. The minimum absolute atomic E-state index is 0.0709. The first-order chi connectivity index (χ1) is 13.2. The molecule has 1 fully saturated rings. The van der Waals surface area contributed by atoms with Crippen LogP contribution >= 0.6 is 23.2 Å². The van der Waals surface area contributed by atoms with Gasteiger partial charge in [0.05, 0.1) is 22.8 Å². The third-order valence-corrected chi connectivity index (χ3v) is 5.18. The molecule has 0 spiro atoms. The lowest BCUT2D eigenvalue weighted by Crippen LogP contribution is -2.52. The van der Waals surface area contributed by atoms with Crippen LogP contribution in [0.2, 0.25) is 10.0 Å². The van der Waals surface area contributed by atoms with E-state index in [9.17, 15) is 9.59 Å². The van der Waals surface area contributed by atoms with Crippen molar-refractivity contribution in [2.45, 2.75) is 45.9 Å². The van der Waals surface area contributed by atoms with Gasteiger partial charge in [-0.05, 0) is 38.0 Å². The van der Waals surface area contributed by atoms with E-state index in [1.807, 2.05) is 27.7 Å². The quantitative estimate of drug-likeness (QED) is 0.698. The van der Waals surface area contributed by atoms with Gasteiger partial charge >= 0.3 is 0 Å². The average molecular weight is 430 g/mol. The number of nitrogens with one attached hydrogen (secondary N) is 2. The van der Waals surface area contributed by atoms with Crippen molar-refractivity contribution < 1.29 is 14.3 Å². The second-order valence-electron chi connectivity index (χ2n) is 7.63. The van der Waals surface area contributed by atoms with Crippen LogP contribution < -0.4 is 10.6 Å². The highest BCUT2D eigenvalue weighted by Crippen LogP contribution is 2.21. The first-order valence-corrected chi connectivity index (χ1v) is 10.3. The number of nitrogens with zero attached hydrogens (tertiary/aromatic N) is 1. The maximum absolute atomic E-state index is 12.6. The van der Waals surface area contributed by atoms with Crippen LogP contribution in [-0.2, 0) is 9.53 Å². The molecule has 1 saturated heterocycles. The smallest absolute Gasteiger partial charge is 0.253 e. The number of hydrogen-bond donors (Lipinski definition) is 2. The van der Waals surface area contributed by atoms with Gasteiger partial charge in [0.15, 0.2) is 0 Å². The summed E-state index contributed by atoms with van der Waals surface area (Å²) in [6.45, 7) is 10.8. The Labute approximate surface area is 176 Å². The summed E-state index contributed by atoms with van der Waals surface area (Å²) in [7, 11) is 0. The second-order valence-corrected chi connectivity index (χ2v) is 8.47. The van der Waals surface area contributed by atoms with Crippen molar-refractivity contribution in [2.24, 2.45) is 5.92 Å². The van der Waals surface area contributed by atoms with Crippen LogP contribution in [0.5, 0.6) is 0 Å². The van der Waals surface area contributed by atoms with E-state index in [2.05, 4.69) is 15.5 Å². The Bertz CT molecular complexity index is 689. The third-order valence-electron chi connectivity index (χ3n) is 4.63. The molecule has 0 bridgehead atoms. The maximum Gasteiger partial charge on any atom is 0.253 e. The molecule has 2 N–H and O–H groups in total. The fourth-order valence-electron chi connectivity index (χ4n) is 3.34. The Morgan fingerprint density at radius 2 is 1.86 bits per heavy atom. The van der Waals surface area contributed by atoms with Gasteiger partial charge < -0.3 is 15.4 Å². The summed E-state index contributed by atoms with van der Waals surface area (Å²) in [5.74, 6) is -0.674. The maximum atomic E-state index is 12.6. The molecule has 1 aliphatic heterocycles. The number of carbonyl (C=O) groups is 2. The van der Waals surface area contributed by atoms with Gasteiger partial charge in [-0.2, -0.15) is 0 Å². The van der Waals surface area contributed by atoms with Crippen LogP contribution in [0.1, 0.15) is 38.1 Å². The molecule has 0 aromatic heterocycles. The summed E-state index contributed by atoms with van der Waals surface area (Å²) in [5, 5.41) is 6.42. The van der Waals surface area contributed by atoms with Crippen molar-refractivity contribution in [3.05, 3.63) is 33.8 Å². The molecule has 2 amide bonds. The van der Waals surface area contributed by atoms with E-state index >= 15 is 0 Å². The summed E-state index contributed by atoms with van der Waals surface area (Å²) in [5.41, 5.74) is 0.292. The minimum Gasteiger partial charge on any atom is -0.373 e. The zero-order valence-corrected chi connectivity index (χ0v) is 18.3. The second kappa shape index (κ2) is 10.4. The highest BCUT2D eigenvalue weighted by Gasteiger charge is 2.26. The van der Waals surface area contributed by atoms with E-state index in [-0.39, 0.29) is 29.1 Å². The summed E-state index contributed by atoms with van der Waals surface area (Å²) >= 11 is 12.0. The zero-order chi connectivity index (χ0) is 20.8. The molecule has 1 aromatic rings. The molecule has 1 heterocycles. The molecular formula is C20H29Cl2N3O3. The van der Waals surface area contributed by atoms with Crippen LogP contribution in [0.25, 0.3) is 0 Å². The van der Waals surface area contributed by atoms with E-state index in [1.165, 1.54) is 6.07 Å². The molecule has 0 unspecified atom stereocenters. The Balaban J connectivity index is 1.90. The number of hydrogen-bond acceptors (Lipinski definition) is 4. The average Bonchev–Trinajstić information content (AvgIpc) is 2.58. The predicted molar refractivity (Wildman–Crippen MR) is 112 cm³/mol. The Morgan fingerprint density at radius 1 is 1.21 bits per heavy atom. The molecule has 0 saturated carbocycles. The first-order valence-electron chi connectivity index (χ1n) is 9.58. The van der Waals surface area contributed by atoms with E-state index < -0.39 is 11.9 Å². The van der Waals surface area contributed by atoms with E-state index in [4.69, 9.17) is 27.9 Å². The summed E-state index contributed by atoms with van der Waals surface area (Å²) in [6.07, 6.45) is 0.373. The Hall–Kier alpha value is -1.34. The van der Waals surface area contributed by atoms with Gasteiger partial charge in [-0.1, -0.05) is 37.0 Å². The predicted octanol–water partition coefficient (Wildman–Crippen LogP) is 2.97. The Morgan fingerprint density at radius 3 is 2.43 bits per heavy atom. The van der Waals surface area contributed by atoms with Crippen LogP contribution in [-0.4, -0.2) is 61.1 Å². The fraction of sp³-hybridized carbons (Fsp3) is 0.600. The molecule has 6 nitrogen and oxygen atoms in total. The topological polar surface area (TPSA) is 70.7 Å². The van der Waals surface area contributed by atoms with Gasteiger partial charge in [-0.25, -0.2) is 0 Å². The highest BCUT2D eigenvalue weighted by atomic mass is 35.5. The fourth-order valence-corrected chi connectivity index (χ4v) is 3.84. The van der Waals surface area contributed by atoms with Gasteiger partial charge in [0.1, 0.15) is 6.04 Å². The molecular weight excluding hydrogens is 401 g/mol. The number of ether oxygens (including phenoxy) is 1. The van der Waals surface area contributed by atoms with Crippen molar-refractivity contribution in [3.8, 4) is 0 Å². The van der Waals surface area contributed by atoms with Gasteiger partial charge in [0, 0.05) is 31.2 Å². The van der Waals surface area contributed by atoms with Gasteiger partial charge in [-0.15, -0.1) is 0 Å². The van der Waals surface area contributed by atoms with E-state index in [0.717, 1.165) is 19.6 Å². The summed E-state index contributed by atoms with van der Waals surface area (Å²) < 4.78 is 5.72. The van der Waals surface area contributed by atoms with Gasteiger partial charge in [-0.3, -0.25) is 14.5 Å². The normalized spacial score (nSPS) is 21.4. The largest absolute Gasteiger partial charge is 0.373 e. The van der Waals surface area contributed by atoms with Crippen molar-refractivity contribution in [2.75, 3.05) is 26.2 Å². The number of halogens is 2.